The first-order chi connectivity index (χ1) is 8.49. The van der Waals surface area contributed by atoms with Crippen molar-refractivity contribution in [3.63, 3.8) is 0 Å². The standard InChI is InChI=1S/C13H14FNO3/c1-7-4-8(2-3-11(7)14)6-15-12(16)9-5-10(9)13(17)18/h2-4,9-10H,5-6H2,1H3,(H,15,16)(H,17,18)/t9-,10-/m1/s1. The monoisotopic (exact) mass is 251 g/mol. The van der Waals surface area contributed by atoms with Crippen molar-refractivity contribution >= 4 is 11.9 Å². The highest BCUT2D eigenvalue weighted by molar-refractivity contribution is 5.89. The number of nitrogens with one attached hydrogen (secondary N) is 1. The molecular formula is C13H14FNO3. The van der Waals surface area contributed by atoms with Crippen molar-refractivity contribution in [1.82, 2.24) is 5.32 Å². The zero-order valence-corrected chi connectivity index (χ0v) is 9.94. The molecule has 0 spiro atoms. The molecule has 96 valence electrons. The molecule has 2 rings (SSSR count). The summed E-state index contributed by atoms with van der Waals surface area (Å²) in [6, 6.07) is 4.62. The van der Waals surface area contributed by atoms with Gasteiger partial charge in [0.25, 0.3) is 0 Å². The predicted molar refractivity (Wildman–Crippen MR) is 62.2 cm³/mol. The van der Waals surface area contributed by atoms with Gasteiger partial charge in [-0.15, -0.1) is 0 Å². The van der Waals surface area contributed by atoms with Gasteiger partial charge in [0.1, 0.15) is 5.82 Å². The van der Waals surface area contributed by atoms with Crippen LogP contribution >= 0.6 is 0 Å². The van der Waals surface area contributed by atoms with Crippen molar-refractivity contribution < 1.29 is 19.1 Å². The van der Waals surface area contributed by atoms with E-state index in [4.69, 9.17) is 5.11 Å². The number of halogens is 1. The summed E-state index contributed by atoms with van der Waals surface area (Å²) in [7, 11) is 0. The molecule has 1 aromatic carbocycles. The number of carbonyl (C=O) groups excluding carboxylic acids is 1. The van der Waals surface area contributed by atoms with Crippen molar-refractivity contribution in [2.45, 2.75) is 19.9 Å². The van der Waals surface area contributed by atoms with Crippen LogP contribution in [0, 0.1) is 24.6 Å². The molecule has 0 aromatic heterocycles. The highest BCUT2D eigenvalue weighted by atomic mass is 19.1. The first-order valence-corrected chi connectivity index (χ1v) is 5.74. The van der Waals surface area contributed by atoms with Crippen molar-refractivity contribution in [1.29, 1.82) is 0 Å². The fourth-order valence-corrected chi connectivity index (χ4v) is 1.89. The average Bonchev–Trinajstić information content (AvgIpc) is 3.10. The number of carbonyl (C=O) groups is 2. The number of carboxylic acids is 1. The molecule has 0 aliphatic heterocycles. The quantitative estimate of drug-likeness (QED) is 0.851. The Morgan fingerprint density at radius 2 is 2.17 bits per heavy atom. The Hall–Kier alpha value is -1.91. The van der Waals surface area contributed by atoms with Gasteiger partial charge in [-0.3, -0.25) is 9.59 Å². The molecule has 1 amide bonds. The molecule has 0 heterocycles. The van der Waals surface area contributed by atoms with Crippen LogP contribution < -0.4 is 5.32 Å². The molecular weight excluding hydrogens is 237 g/mol. The molecule has 1 aromatic rings. The smallest absolute Gasteiger partial charge is 0.307 e. The maximum Gasteiger partial charge on any atom is 0.307 e. The predicted octanol–water partition coefficient (Wildman–Crippen LogP) is 1.47. The summed E-state index contributed by atoms with van der Waals surface area (Å²) in [6.45, 7) is 1.95. The minimum Gasteiger partial charge on any atom is -0.481 e. The summed E-state index contributed by atoms with van der Waals surface area (Å²) < 4.78 is 13.0. The van der Waals surface area contributed by atoms with E-state index in [-0.39, 0.29) is 11.7 Å². The van der Waals surface area contributed by atoms with Crippen LogP contribution in [-0.4, -0.2) is 17.0 Å². The van der Waals surface area contributed by atoms with Gasteiger partial charge in [-0.1, -0.05) is 12.1 Å². The van der Waals surface area contributed by atoms with Gasteiger partial charge < -0.3 is 10.4 Å². The fourth-order valence-electron chi connectivity index (χ4n) is 1.89. The normalized spacial score (nSPS) is 21.4. The lowest BCUT2D eigenvalue weighted by Gasteiger charge is -2.06. The summed E-state index contributed by atoms with van der Waals surface area (Å²) in [5.74, 6) is -2.40. The van der Waals surface area contributed by atoms with Crippen molar-refractivity contribution in [3.05, 3.63) is 35.1 Å². The Kier molecular flexibility index (Phi) is 3.32. The van der Waals surface area contributed by atoms with Crippen molar-refractivity contribution in [2.24, 2.45) is 11.8 Å². The molecule has 2 N–H and O–H groups in total. The van der Waals surface area contributed by atoms with Gasteiger partial charge in [0, 0.05) is 6.54 Å². The lowest BCUT2D eigenvalue weighted by Crippen LogP contribution is -2.25. The Morgan fingerprint density at radius 3 is 2.72 bits per heavy atom. The number of hydrogen-bond acceptors (Lipinski definition) is 2. The van der Waals surface area contributed by atoms with Crippen LogP contribution in [0.3, 0.4) is 0 Å². The molecule has 1 saturated carbocycles. The third kappa shape index (κ3) is 2.67. The van der Waals surface area contributed by atoms with E-state index in [1.54, 1.807) is 19.1 Å². The zero-order chi connectivity index (χ0) is 13.3. The second-order valence-electron chi connectivity index (χ2n) is 4.59. The molecule has 5 heteroatoms. The van der Waals surface area contributed by atoms with E-state index in [1.807, 2.05) is 0 Å². The Labute approximate surface area is 104 Å². The van der Waals surface area contributed by atoms with E-state index >= 15 is 0 Å². The van der Waals surface area contributed by atoms with Crippen LogP contribution in [0.15, 0.2) is 18.2 Å². The SMILES string of the molecule is Cc1cc(CNC(=O)[C@@H]2C[C@H]2C(=O)O)ccc1F. The molecule has 0 bridgehead atoms. The second kappa shape index (κ2) is 4.76. The van der Waals surface area contributed by atoms with E-state index in [1.165, 1.54) is 6.07 Å². The van der Waals surface area contributed by atoms with E-state index < -0.39 is 17.8 Å². The molecule has 18 heavy (non-hydrogen) atoms. The van der Waals surface area contributed by atoms with Gasteiger partial charge in [0.2, 0.25) is 5.91 Å². The van der Waals surface area contributed by atoms with Gasteiger partial charge in [0.15, 0.2) is 0 Å². The topological polar surface area (TPSA) is 66.4 Å². The van der Waals surface area contributed by atoms with Gasteiger partial charge in [0.05, 0.1) is 11.8 Å². The maximum atomic E-state index is 13.0. The first kappa shape index (κ1) is 12.5. The van der Waals surface area contributed by atoms with Gasteiger partial charge in [-0.05, 0) is 30.5 Å². The van der Waals surface area contributed by atoms with E-state index in [2.05, 4.69) is 5.32 Å². The number of hydrogen-bond donors (Lipinski definition) is 2. The molecule has 2 atom stereocenters. The summed E-state index contributed by atoms with van der Waals surface area (Å²) in [5.41, 5.74) is 1.33. The second-order valence-corrected chi connectivity index (χ2v) is 4.59. The Balaban J connectivity index is 1.87. The molecule has 1 fully saturated rings. The molecule has 0 saturated heterocycles. The zero-order valence-electron chi connectivity index (χ0n) is 9.94. The fraction of sp³-hybridized carbons (Fsp3) is 0.385. The summed E-state index contributed by atoms with van der Waals surface area (Å²) >= 11 is 0. The lowest BCUT2D eigenvalue weighted by molar-refractivity contribution is -0.140. The number of carboxylic acid groups (broad SMARTS) is 1. The van der Waals surface area contributed by atoms with Crippen LogP contribution in [-0.2, 0) is 16.1 Å². The minimum absolute atomic E-state index is 0.246. The minimum atomic E-state index is -0.923. The third-order valence-electron chi connectivity index (χ3n) is 3.13. The highest BCUT2D eigenvalue weighted by Crippen LogP contribution is 2.38. The van der Waals surface area contributed by atoms with Gasteiger partial charge in [-0.25, -0.2) is 4.39 Å². The Morgan fingerprint density at radius 1 is 1.44 bits per heavy atom. The maximum absolute atomic E-state index is 13.0. The molecule has 1 aliphatic carbocycles. The number of benzene rings is 1. The lowest BCUT2D eigenvalue weighted by atomic mass is 10.1. The van der Waals surface area contributed by atoms with Gasteiger partial charge >= 0.3 is 5.97 Å². The molecule has 1 aliphatic rings. The van der Waals surface area contributed by atoms with E-state index in [9.17, 15) is 14.0 Å². The molecule has 0 unspecified atom stereocenters. The average molecular weight is 251 g/mol. The van der Waals surface area contributed by atoms with Crippen LogP contribution in [0.4, 0.5) is 4.39 Å². The van der Waals surface area contributed by atoms with Crippen LogP contribution in [0.1, 0.15) is 17.5 Å². The van der Waals surface area contributed by atoms with Crippen molar-refractivity contribution in [3.8, 4) is 0 Å². The van der Waals surface area contributed by atoms with E-state index in [0.717, 1.165) is 5.56 Å². The first-order valence-electron chi connectivity index (χ1n) is 5.74. The van der Waals surface area contributed by atoms with Gasteiger partial charge in [-0.2, -0.15) is 0 Å². The van der Waals surface area contributed by atoms with Crippen LogP contribution in [0.5, 0.6) is 0 Å². The molecule has 0 radical (unpaired) electrons. The largest absolute Gasteiger partial charge is 0.481 e. The number of amides is 1. The number of aliphatic carboxylic acids is 1. The summed E-state index contributed by atoms with van der Waals surface area (Å²) in [5, 5.41) is 11.4. The number of rotatable bonds is 4. The number of aryl methyl sites for hydroxylation is 1. The highest BCUT2D eigenvalue weighted by Gasteiger charge is 2.48. The van der Waals surface area contributed by atoms with Crippen LogP contribution in [0.25, 0.3) is 0 Å². The van der Waals surface area contributed by atoms with E-state index in [0.29, 0.717) is 18.5 Å². The Bertz CT molecular complexity index is 501. The summed E-state index contributed by atoms with van der Waals surface area (Å²) in [4.78, 5) is 22.2. The molecule has 4 nitrogen and oxygen atoms in total. The summed E-state index contributed by atoms with van der Waals surface area (Å²) in [6.07, 6.45) is 0.406. The third-order valence-corrected chi connectivity index (χ3v) is 3.13. The van der Waals surface area contributed by atoms with Crippen molar-refractivity contribution in [2.75, 3.05) is 0 Å². The van der Waals surface area contributed by atoms with Crippen LogP contribution in [0.2, 0.25) is 0 Å².